The topological polar surface area (TPSA) is 237 Å². The average molecular weight is 1340 g/mol. The van der Waals surface area contributed by atoms with Gasteiger partial charge >= 0.3 is 39.5 Å². The number of phosphoric acid groups is 2. The lowest BCUT2D eigenvalue weighted by molar-refractivity contribution is -0.161. The van der Waals surface area contributed by atoms with Crippen LogP contribution >= 0.6 is 15.6 Å². The summed E-state index contributed by atoms with van der Waals surface area (Å²) in [7, 11) is -9.91. The van der Waals surface area contributed by atoms with Crippen molar-refractivity contribution >= 4 is 39.5 Å². The Morgan fingerprint density at radius 2 is 0.527 bits per heavy atom. The van der Waals surface area contributed by atoms with Gasteiger partial charge in [0.25, 0.3) is 0 Å². The van der Waals surface area contributed by atoms with Gasteiger partial charge in [-0.3, -0.25) is 37.3 Å². The molecule has 91 heavy (non-hydrogen) atoms. The van der Waals surface area contributed by atoms with Gasteiger partial charge in [-0.25, -0.2) is 9.13 Å². The van der Waals surface area contributed by atoms with Crippen molar-refractivity contribution in [3.63, 3.8) is 0 Å². The van der Waals surface area contributed by atoms with Gasteiger partial charge in [0, 0.05) is 25.7 Å². The Balaban J connectivity index is 5.27. The Labute approximate surface area is 556 Å². The molecule has 0 aromatic heterocycles. The van der Waals surface area contributed by atoms with Gasteiger partial charge in [-0.1, -0.05) is 306 Å². The molecule has 540 valence electrons. The summed E-state index contributed by atoms with van der Waals surface area (Å²) in [4.78, 5) is 72.7. The molecule has 0 heterocycles. The van der Waals surface area contributed by atoms with E-state index in [1.165, 1.54) is 161 Å². The average Bonchev–Trinajstić information content (AvgIpc) is 3.71. The van der Waals surface area contributed by atoms with Crippen LogP contribution in [0.3, 0.4) is 0 Å². The molecular formula is C72H140O17P2. The Hall–Kier alpha value is -1.94. The van der Waals surface area contributed by atoms with Crippen molar-refractivity contribution in [1.29, 1.82) is 0 Å². The van der Waals surface area contributed by atoms with E-state index in [-0.39, 0.29) is 25.7 Å². The monoisotopic (exact) mass is 1340 g/mol. The largest absolute Gasteiger partial charge is 0.472 e. The number of carbonyl (C=O) groups is 4. The fourth-order valence-electron chi connectivity index (χ4n) is 10.8. The van der Waals surface area contributed by atoms with Crippen LogP contribution in [0, 0.1) is 23.7 Å². The number of hydrogen-bond donors (Lipinski definition) is 3. The lowest BCUT2D eigenvalue weighted by atomic mass is 9.99. The summed E-state index contributed by atoms with van der Waals surface area (Å²) in [5.41, 5.74) is 0. The van der Waals surface area contributed by atoms with Crippen LogP contribution in [0.25, 0.3) is 0 Å². The lowest BCUT2D eigenvalue weighted by Gasteiger charge is -2.21. The second-order valence-electron chi connectivity index (χ2n) is 27.6. The Morgan fingerprint density at radius 3 is 0.780 bits per heavy atom. The highest BCUT2D eigenvalue weighted by Crippen LogP contribution is 2.45. The Kier molecular flexibility index (Phi) is 60.3. The molecule has 6 atom stereocenters. The summed E-state index contributed by atoms with van der Waals surface area (Å²) in [5.74, 6) is 0.912. The van der Waals surface area contributed by atoms with Gasteiger partial charge in [0.1, 0.15) is 19.3 Å². The normalized spacial score (nSPS) is 14.5. The summed E-state index contributed by atoms with van der Waals surface area (Å²) < 4.78 is 68.4. The third-order valence-electron chi connectivity index (χ3n) is 16.9. The van der Waals surface area contributed by atoms with E-state index in [2.05, 4.69) is 55.4 Å². The first-order valence-electron chi connectivity index (χ1n) is 37.2. The minimum atomic E-state index is -4.95. The number of ether oxygens (including phenoxy) is 4. The van der Waals surface area contributed by atoms with Crippen molar-refractivity contribution in [3.05, 3.63) is 0 Å². The van der Waals surface area contributed by atoms with Crippen LogP contribution in [0.2, 0.25) is 0 Å². The maximum absolute atomic E-state index is 13.0. The molecule has 0 bridgehead atoms. The van der Waals surface area contributed by atoms with E-state index in [1.807, 2.05) is 0 Å². The fourth-order valence-corrected chi connectivity index (χ4v) is 12.4. The zero-order valence-electron chi connectivity index (χ0n) is 59.5. The quantitative estimate of drug-likeness (QED) is 0.0222. The van der Waals surface area contributed by atoms with Crippen LogP contribution < -0.4 is 0 Å². The van der Waals surface area contributed by atoms with Crippen molar-refractivity contribution in [3.8, 4) is 0 Å². The zero-order chi connectivity index (χ0) is 67.5. The van der Waals surface area contributed by atoms with Gasteiger partial charge in [-0.05, 0) is 49.4 Å². The Bertz CT molecular complexity index is 1800. The third kappa shape index (κ3) is 65.1. The molecule has 0 rings (SSSR count). The van der Waals surface area contributed by atoms with Gasteiger partial charge < -0.3 is 33.8 Å². The van der Waals surface area contributed by atoms with Crippen LogP contribution in [0.1, 0.15) is 357 Å². The predicted octanol–water partition coefficient (Wildman–Crippen LogP) is 20.5. The predicted molar refractivity (Wildman–Crippen MR) is 367 cm³/mol. The molecule has 0 fully saturated rings. The zero-order valence-corrected chi connectivity index (χ0v) is 61.3. The smallest absolute Gasteiger partial charge is 0.462 e. The minimum Gasteiger partial charge on any atom is -0.462 e. The third-order valence-corrected chi connectivity index (χ3v) is 18.8. The summed E-state index contributed by atoms with van der Waals surface area (Å²) in [6, 6.07) is 0. The summed E-state index contributed by atoms with van der Waals surface area (Å²) in [6.07, 6.45) is 44.3. The number of aliphatic hydroxyl groups is 1. The number of carbonyl (C=O) groups excluding carboxylic acids is 4. The van der Waals surface area contributed by atoms with E-state index in [1.54, 1.807) is 0 Å². The summed E-state index contributed by atoms with van der Waals surface area (Å²) in [5, 5.41) is 10.6. The SMILES string of the molecule is CCC(C)CCCCCCCCCCCCC(=O)O[C@H](COC(=O)CCCCCCCCCCC(C)C)COP(=O)(O)OCC(O)COP(=O)(O)OC[C@@H](COC(=O)CCCCCCCCCCCC(C)C)OC(=O)CCCCCCCCCCCCCC(C)C. The second-order valence-corrected chi connectivity index (χ2v) is 30.6. The lowest BCUT2D eigenvalue weighted by Crippen LogP contribution is -2.30. The summed E-state index contributed by atoms with van der Waals surface area (Å²) >= 11 is 0. The van der Waals surface area contributed by atoms with Gasteiger partial charge in [-0.2, -0.15) is 0 Å². The van der Waals surface area contributed by atoms with Gasteiger partial charge in [0.2, 0.25) is 0 Å². The number of phosphoric ester groups is 2. The van der Waals surface area contributed by atoms with E-state index in [0.29, 0.717) is 25.7 Å². The van der Waals surface area contributed by atoms with Crippen LogP contribution in [-0.2, 0) is 65.4 Å². The first-order chi connectivity index (χ1) is 43.6. The molecule has 0 aromatic carbocycles. The van der Waals surface area contributed by atoms with Gasteiger partial charge in [-0.15, -0.1) is 0 Å². The van der Waals surface area contributed by atoms with E-state index >= 15 is 0 Å². The maximum Gasteiger partial charge on any atom is 0.472 e. The van der Waals surface area contributed by atoms with Crippen molar-refractivity contribution in [2.24, 2.45) is 23.7 Å². The van der Waals surface area contributed by atoms with Gasteiger partial charge in [0.15, 0.2) is 12.2 Å². The van der Waals surface area contributed by atoms with Crippen molar-refractivity contribution in [2.75, 3.05) is 39.6 Å². The highest BCUT2D eigenvalue weighted by atomic mass is 31.2. The van der Waals surface area contributed by atoms with Crippen molar-refractivity contribution < 1.29 is 80.2 Å². The first kappa shape index (κ1) is 89.1. The molecule has 3 N–H and O–H groups in total. The molecule has 17 nitrogen and oxygen atoms in total. The van der Waals surface area contributed by atoms with Crippen LogP contribution in [0.15, 0.2) is 0 Å². The number of unbranched alkanes of at least 4 members (excludes halogenated alkanes) is 34. The van der Waals surface area contributed by atoms with E-state index in [9.17, 15) is 43.2 Å². The van der Waals surface area contributed by atoms with Gasteiger partial charge in [0.05, 0.1) is 26.4 Å². The molecule has 0 amide bonds. The highest BCUT2D eigenvalue weighted by molar-refractivity contribution is 7.47. The van der Waals surface area contributed by atoms with E-state index in [0.717, 1.165) is 114 Å². The van der Waals surface area contributed by atoms with Crippen LogP contribution in [0.4, 0.5) is 0 Å². The highest BCUT2D eigenvalue weighted by Gasteiger charge is 2.30. The van der Waals surface area contributed by atoms with Crippen LogP contribution in [-0.4, -0.2) is 96.7 Å². The van der Waals surface area contributed by atoms with E-state index < -0.39 is 97.5 Å². The molecule has 0 spiro atoms. The molecule has 0 aliphatic heterocycles. The molecule has 0 aromatic rings. The number of hydrogen-bond acceptors (Lipinski definition) is 15. The standard InChI is InChI=1S/C72H140O17P2/c1-9-65(8)51-43-35-27-18-13-14-20-31-39-47-55-72(77)89-68(59-83-70(75)53-45-37-29-23-22-26-34-42-50-64(6)7)61-87-91(80,81)85-57-66(73)56-84-90(78,79)86-60-67(58-82-69(74)52-44-36-28-21-15-17-25-33-41-49-63(4)5)88-71(76)54-46-38-30-19-12-10-11-16-24-32-40-48-62(2)3/h62-68,73H,9-61H2,1-8H3,(H,78,79)(H,80,81)/t65?,66?,67-,68-/m1/s1. The molecule has 0 saturated heterocycles. The molecule has 0 radical (unpaired) electrons. The molecule has 0 aliphatic carbocycles. The maximum atomic E-state index is 13.0. The number of rotatable bonds is 69. The van der Waals surface area contributed by atoms with E-state index in [4.69, 9.17) is 37.0 Å². The molecule has 0 saturated carbocycles. The molecule has 0 aliphatic rings. The second kappa shape index (κ2) is 61.6. The number of aliphatic hydroxyl groups excluding tert-OH is 1. The minimum absolute atomic E-state index is 0.105. The Morgan fingerprint density at radius 1 is 0.308 bits per heavy atom. The number of esters is 4. The molecular weight excluding hydrogens is 1200 g/mol. The molecule has 19 heteroatoms. The first-order valence-corrected chi connectivity index (χ1v) is 40.2. The van der Waals surface area contributed by atoms with Crippen molar-refractivity contribution in [1.82, 2.24) is 0 Å². The summed E-state index contributed by atoms with van der Waals surface area (Å²) in [6.45, 7) is 14.1. The molecule has 4 unspecified atom stereocenters. The fraction of sp³-hybridized carbons (Fsp3) is 0.944. The van der Waals surface area contributed by atoms with Crippen molar-refractivity contribution in [2.45, 2.75) is 375 Å². The van der Waals surface area contributed by atoms with Crippen LogP contribution in [0.5, 0.6) is 0 Å².